The van der Waals surface area contributed by atoms with Crippen molar-refractivity contribution < 1.29 is 69.3 Å². The van der Waals surface area contributed by atoms with E-state index in [1.807, 2.05) is 0 Å². The normalized spacial score (nSPS) is 52.3. The van der Waals surface area contributed by atoms with Gasteiger partial charge in [0.25, 0.3) is 0 Å². The molecule has 17 nitrogen and oxygen atoms in total. The Hall–Kier alpha value is -0.680. The Morgan fingerprint density at radius 2 is 1.22 bits per heavy atom. The molecule has 0 aromatic carbocycles. The number of hydrogen-bond acceptors (Lipinski definition) is 17. The summed E-state index contributed by atoms with van der Waals surface area (Å²) in [6, 6.07) is -4.03. The van der Waals surface area contributed by atoms with Crippen molar-refractivity contribution in [3.63, 3.8) is 0 Å². The summed E-state index contributed by atoms with van der Waals surface area (Å²) in [7, 11) is 1.11. The molecule has 14 N–H and O–H groups in total. The van der Waals surface area contributed by atoms with Crippen molar-refractivity contribution in [2.75, 3.05) is 26.9 Å². The van der Waals surface area contributed by atoms with Crippen LogP contribution in [0.1, 0.15) is 0 Å². The average Bonchev–Trinajstić information content (AvgIpc) is 2.88. The van der Waals surface area contributed by atoms with E-state index in [1.165, 1.54) is 0 Å². The fraction of sp³-hybridized carbons (Fsp3) is 1.00. The van der Waals surface area contributed by atoms with Crippen molar-refractivity contribution >= 4 is 0 Å². The van der Waals surface area contributed by atoms with Gasteiger partial charge in [0.15, 0.2) is 18.9 Å². The highest BCUT2D eigenvalue weighted by Crippen LogP contribution is 2.34. The molecule has 212 valence electrons. The largest absolute Gasteiger partial charge is 0.394 e. The predicted molar refractivity (Wildman–Crippen MR) is 113 cm³/mol. The zero-order chi connectivity index (χ0) is 26.9. The summed E-state index contributed by atoms with van der Waals surface area (Å²) < 4.78 is 32.7. The van der Waals surface area contributed by atoms with Gasteiger partial charge < -0.3 is 86.5 Å². The summed E-state index contributed by atoms with van der Waals surface area (Å²) in [6.45, 7) is -2.28. The molecule has 17 heteroatoms. The Kier molecular flexibility index (Phi) is 9.97. The van der Waals surface area contributed by atoms with Crippen LogP contribution in [0.25, 0.3) is 0 Å². The molecule has 3 heterocycles. The van der Waals surface area contributed by atoms with Crippen molar-refractivity contribution in [1.29, 1.82) is 0 Å². The maximum Gasteiger partial charge on any atom is 0.223 e. The standard InChI is InChI=1S/C19H37N3O14/c1-31-19(4-25)15(29)12(28)9(22)18(36-19)35-14-6(3-24)33-17(8(21)11(14)27)34-13-5(2-23)32-16(30)7(20)10(13)26/h5-18,23-30H,2-4,20-22H2,1H3/t5-,6-,7-,8-,9-,10-,11-,12-,13?,14?,15+,16-,17+,18+,19-/m1/s1. The van der Waals surface area contributed by atoms with E-state index in [-0.39, 0.29) is 0 Å². The van der Waals surface area contributed by atoms with E-state index in [4.69, 9.17) is 45.6 Å². The van der Waals surface area contributed by atoms with E-state index >= 15 is 0 Å². The van der Waals surface area contributed by atoms with E-state index in [9.17, 15) is 40.9 Å². The highest BCUT2D eigenvalue weighted by Gasteiger charge is 2.56. The Bertz CT molecular complexity index is 702. The second-order valence-electron chi connectivity index (χ2n) is 8.98. The quantitative estimate of drug-likeness (QED) is 0.138. The van der Waals surface area contributed by atoms with Gasteiger partial charge in [0.1, 0.15) is 55.4 Å². The molecular weight excluding hydrogens is 494 g/mol. The van der Waals surface area contributed by atoms with E-state index < -0.39 is 111 Å². The summed E-state index contributed by atoms with van der Waals surface area (Å²) in [5.74, 6) is -2.09. The number of aliphatic hydroxyl groups excluding tert-OH is 8. The molecule has 0 aromatic rings. The lowest BCUT2D eigenvalue weighted by molar-refractivity contribution is -0.404. The van der Waals surface area contributed by atoms with Gasteiger partial charge in [0.05, 0.1) is 31.3 Å². The van der Waals surface area contributed by atoms with E-state index in [1.54, 1.807) is 0 Å². The van der Waals surface area contributed by atoms with Gasteiger partial charge in [-0.05, 0) is 0 Å². The van der Waals surface area contributed by atoms with Crippen molar-refractivity contribution in [3.8, 4) is 0 Å². The highest BCUT2D eigenvalue weighted by atomic mass is 16.8. The highest BCUT2D eigenvalue weighted by molar-refractivity contribution is 5.00. The molecule has 0 aliphatic carbocycles. The lowest BCUT2D eigenvalue weighted by Crippen LogP contribution is -2.71. The molecule has 15 atom stereocenters. The van der Waals surface area contributed by atoms with Gasteiger partial charge in [-0.3, -0.25) is 0 Å². The molecule has 3 aliphatic rings. The maximum atomic E-state index is 10.9. The predicted octanol–water partition coefficient (Wildman–Crippen LogP) is -7.70. The van der Waals surface area contributed by atoms with Gasteiger partial charge in [-0.25, -0.2) is 0 Å². The molecule has 3 fully saturated rings. The minimum Gasteiger partial charge on any atom is -0.394 e. The van der Waals surface area contributed by atoms with Crippen molar-refractivity contribution in [3.05, 3.63) is 0 Å². The van der Waals surface area contributed by atoms with Gasteiger partial charge in [-0.2, -0.15) is 0 Å². The number of hydrogen-bond donors (Lipinski definition) is 11. The van der Waals surface area contributed by atoms with Gasteiger partial charge in [-0.1, -0.05) is 0 Å². The molecule has 0 spiro atoms. The van der Waals surface area contributed by atoms with Crippen LogP contribution in [-0.2, 0) is 28.4 Å². The molecular formula is C19H37N3O14. The molecule has 0 bridgehead atoms. The van der Waals surface area contributed by atoms with Crippen LogP contribution in [-0.4, -0.2) is 159 Å². The van der Waals surface area contributed by atoms with Crippen LogP contribution in [0.15, 0.2) is 0 Å². The second kappa shape index (κ2) is 12.0. The third-order valence-electron chi connectivity index (χ3n) is 6.77. The van der Waals surface area contributed by atoms with Crippen LogP contribution in [0.5, 0.6) is 0 Å². The number of nitrogens with two attached hydrogens (primary N) is 3. The first-order valence-electron chi connectivity index (χ1n) is 11.3. The van der Waals surface area contributed by atoms with Crippen molar-refractivity contribution in [2.45, 2.75) is 91.6 Å². The van der Waals surface area contributed by atoms with Gasteiger partial charge >= 0.3 is 0 Å². The third-order valence-corrected chi connectivity index (χ3v) is 6.77. The van der Waals surface area contributed by atoms with Crippen LogP contribution < -0.4 is 17.2 Å². The van der Waals surface area contributed by atoms with Crippen LogP contribution >= 0.6 is 0 Å². The van der Waals surface area contributed by atoms with E-state index in [0.717, 1.165) is 7.11 Å². The third kappa shape index (κ3) is 5.40. The molecule has 2 unspecified atom stereocenters. The van der Waals surface area contributed by atoms with Crippen LogP contribution in [0.3, 0.4) is 0 Å². The van der Waals surface area contributed by atoms with Crippen LogP contribution in [0.4, 0.5) is 0 Å². The van der Waals surface area contributed by atoms with E-state index in [2.05, 4.69) is 0 Å². The Labute approximate surface area is 205 Å². The molecule has 3 rings (SSSR count). The number of ether oxygens (including phenoxy) is 6. The molecule has 3 aliphatic heterocycles. The molecule has 0 amide bonds. The zero-order valence-electron chi connectivity index (χ0n) is 19.5. The van der Waals surface area contributed by atoms with E-state index in [0.29, 0.717) is 0 Å². The molecule has 3 saturated heterocycles. The average molecular weight is 532 g/mol. The minimum atomic E-state index is -2.09. The summed E-state index contributed by atoms with van der Waals surface area (Å²) in [5, 5.41) is 80.8. The lowest BCUT2D eigenvalue weighted by atomic mass is 9.93. The molecule has 0 saturated carbocycles. The summed E-state index contributed by atoms with van der Waals surface area (Å²) in [5.41, 5.74) is 17.7. The molecule has 0 radical (unpaired) electrons. The second-order valence-corrected chi connectivity index (χ2v) is 8.98. The van der Waals surface area contributed by atoms with Gasteiger partial charge in [0.2, 0.25) is 5.79 Å². The van der Waals surface area contributed by atoms with Crippen molar-refractivity contribution in [2.24, 2.45) is 17.2 Å². The van der Waals surface area contributed by atoms with Gasteiger partial charge in [0, 0.05) is 7.11 Å². The fourth-order valence-electron chi connectivity index (χ4n) is 4.42. The zero-order valence-corrected chi connectivity index (χ0v) is 19.5. The smallest absolute Gasteiger partial charge is 0.223 e. The molecule has 36 heavy (non-hydrogen) atoms. The summed E-state index contributed by atoms with van der Waals surface area (Å²) in [4.78, 5) is 0. The van der Waals surface area contributed by atoms with Crippen LogP contribution in [0, 0.1) is 0 Å². The van der Waals surface area contributed by atoms with Gasteiger partial charge in [-0.15, -0.1) is 0 Å². The Morgan fingerprint density at radius 3 is 1.75 bits per heavy atom. The first kappa shape index (κ1) is 29.9. The lowest BCUT2D eigenvalue weighted by Gasteiger charge is -2.50. The fourth-order valence-corrected chi connectivity index (χ4v) is 4.42. The molecule has 0 aromatic heterocycles. The monoisotopic (exact) mass is 531 g/mol. The first-order chi connectivity index (χ1) is 17.0. The number of aliphatic hydroxyl groups is 8. The SMILES string of the molecule is CO[C@]1(CO)O[C@H](OC2[C@@H](CO)O[C@@H](OC3[C@@H](CO)O[C@@H](O)[C@H](N)[C@H]3O)[C@H](N)[C@H]2O)[C@H](N)[C@@H](O)[C@@H]1O. The number of rotatable bonds is 8. The Balaban J connectivity index is 1.76. The van der Waals surface area contributed by atoms with Crippen molar-refractivity contribution in [1.82, 2.24) is 0 Å². The first-order valence-corrected chi connectivity index (χ1v) is 11.3. The maximum absolute atomic E-state index is 10.9. The minimum absolute atomic E-state index is 0.664. The topological polar surface area (TPSA) is 295 Å². The summed E-state index contributed by atoms with van der Waals surface area (Å²) >= 11 is 0. The number of methoxy groups -OCH3 is 1. The van der Waals surface area contributed by atoms with Crippen LogP contribution in [0.2, 0.25) is 0 Å². The summed E-state index contributed by atoms with van der Waals surface area (Å²) in [6.07, 6.45) is -16.4. The Morgan fingerprint density at radius 1 is 0.722 bits per heavy atom.